The van der Waals surface area contributed by atoms with Crippen LogP contribution in [0.15, 0.2) is 28.7 Å². The van der Waals surface area contributed by atoms with Gasteiger partial charge >= 0.3 is 0 Å². The van der Waals surface area contributed by atoms with Crippen molar-refractivity contribution in [2.24, 2.45) is 5.92 Å². The van der Waals surface area contributed by atoms with Crippen molar-refractivity contribution in [2.75, 3.05) is 13.6 Å². The van der Waals surface area contributed by atoms with Gasteiger partial charge in [0.15, 0.2) is 0 Å². The minimum Gasteiger partial charge on any atom is -0.353 e. The Labute approximate surface area is 140 Å². The number of carbonyl (C=O) groups excluding carboxylic acids is 2. The smallest absolute Gasteiger partial charge is 0.253 e. The molecule has 0 saturated heterocycles. The number of likely N-dealkylation sites (N-methyl/N-ethyl adjacent to an activating group) is 1. The maximum absolute atomic E-state index is 12.3. The number of carbonyl (C=O) groups is 2. The third-order valence-electron chi connectivity index (χ3n) is 3.43. The van der Waals surface area contributed by atoms with Crippen LogP contribution in [0.25, 0.3) is 0 Å². The standard InChI is InChI=1S/C16H24BrN3O2/c1-10(2)14(16(22)19-9-11(3)18-4)20-15(21)12-7-5-6-8-13(12)17/h5-8,10-11,14,18H,9H2,1-4H3,(H,19,22)(H,20,21). The first-order valence-electron chi connectivity index (χ1n) is 7.37. The molecular formula is C16H24BrN3O2. The SMILES string of the molecule is CNC(C)CNC(=O)C(NC(=O)c1ccccc1Br)C(C)C. The molecule has 5 nitrogen and oxygen atoms in total. The molecule has 0 radical (unpaired) electrons. The summed E-state index contributed by atoms with van der Waals surface area (Å²) in [4.78, 5) is 24.6. The van der Waals surface area contributed by atoms with Crippen molar-refractivity contribution in [3.63, 3.8) is 0 Å². The molecule has 1 aromatic carbocycles. The van der Waals surface area contributed by atoms with E-state index in [1.165, 1.54) is 0 Å². The molecule has 0 aliphatic rings. The zero-order valence-electron chi connectivity index (χ0n) is 13.4. The van der Waals surface area contributed by atoms with Gasteiger partial charge in [-0.05, 0) is 48.0 Å². The van der Waals surface area contributed by atoms with Gasteiger partial charge in [0, 0.05) is 17.1 Å². The molecule has 0 aromatic heterocycles. The molecule has 0 fully saturated rings. The van der Waals surface area contributed by atoms with E-state index in [2.05, 4.69) is 31.9 Å². The van der Waals surface area contributed by atoms with E-state index in [1.54, 1.807) is 18.2 Å². The summed E-state index contributed by atoms with van der Waals surface area (Å²) in [6.45, 7) is 6.31. The van der Waals surface area contributed by atoms with Crippen LogP contribution in [-0.2, 0) is 4.79 Å². The second kappa shape index (κ2) is 8.90. The van der Waals surface area contributed by atoms with Gasteiger partial charge in [0.2, 0.25) is 5.91 Å². The van der Waals surface area contributed by atoms with Crippen molar-refractivity contribution < 1.29 is 9.59 Å². The zero-order valence-corrected chi connectivity index (χ0v) is 15.0. The van der Waals surface area contributed by atoms with Gasteiger partial charge in [0.05, 0.1) is 5.56 Å². The first-order chi connectivity index (χ1) is 10.4. The number of amides is 2. The van der Waals surface area contributed by atoms with Crippen LogP contribution >= 0.6 is 15.9 Å². The Bertz CT molecular complexity index is 520. The maximum atomic E-state index is 12.3. The van der Waals surface area contributed by atoms with Crippen molar-refractivity contribution in [3.8, 4) is 0 Å². The summed E-state index contributed by atoms with van der Waals surface area (Å²) < 4.78 is 0.708. The molecule has 0 aliphatic carbocycles. The number of nitrogens with one attached hydrogen (secondary N) is 3. The van der Waals surface area contributed by atoms with Crippen LogP contribution in [0.3, 0.4) is 0 Å². The quantitative estimate of drug-likeness (QED) is 0.687. The molecule has 0 bridgehead atoms. The summed E-state index contributed by atoms with van der Waals surface area (Å²) in [5.41, 5.74) is 0.518. The molecule has 2 unspecified atom stereocenters. The molecule has 1 rings (SSSR count). The van der Waals surface area contributed by atoms with Crippen molar-refractivity contribution in [2.45, 2.75) is 32.9 Å². The lowest BCUT2D eigenvalue weighted by Crippen LogP contribution is -2.51. The fraction of sp³-hybridized carbons (Fsp3) is 0.500. The van der Waals surface area contributed by atoms with Crippen LogP contribution in [0.2, 0.25) is 0 Å². The normalized spacial score (nSPS) is 13.5. The third kappa shape index (κ3) is 5.42. The average molecular weight is 370 g/mol. The molecule has 1 aromatic rings. The fourth-order valence-electron chi connectivity index (χ4n) is 1.87. The van der Waals surface area contributed by atoms with Gasteiger partial charge in [-0.2, -0.15) is 0 Å². The number of halogens is 1. The number of hydrogen-bond donors (Lipinski definition) is 3. The Balaban J connectivity index is 2.74. The summed E-state index contributed by atoms with van der Waals surface area (Å²) in [6.07, 6.45) is 0. The second-order valence-corrected chi connectivity index (χ2v) is 6.46. The minimum atomic E-state index is -0.566. The summed E-state index contributed by atoms with van der Waals surface area (Å²) in [5, 5.41) is 8.73. The van der Waals surface area contributed by atoms with Gasteiger partial charge in [-0.3, -0.25) is 9.59 Å². The van der Waals surface area contributed by atoms with E-state index in [9.17, 15) is 9.59 Å². The summed E-state index contributed by atoms with van der Waals surface area (Å²) in [5.74, 6) is -0.433. The Kier molecular flexibility index (Phi) is 7.55. The Morgan fingerprint density at radius 3 is 2.36 bits per heavy atom. The van der Waals surface area contributed by atoms with Crippen LogP contribution in [0, 0.1) is 5.92 Å². The van der Waals surface area contributed by atoms with Gasteiger partial charge in [-0.25, -0.2) is 0 Å². The molecule has 0 heterocycles. The maximum Gasteiger partial charge on any atom is 0.253 e. The van der Waals surface area contributed by atoms with Crippen molar-refractivity contribution in [1.82, 2.24) is 16.0 Å². The molecule has 0 saturated carbocycles. The minimum absolute atomic E-state index is 0.00340. The molecular weight excluding hydrogens is 346 g/mol. The lowest BCUT2D eigenvalue weighted by Gasteiger charge is -2.23. The predicted molar refractivity (Wildman–Crippen MR) is 91.8 cm³/mol. The van der Waals surface area contributed by atoms with E-state index in [0.717, 1.165) is 0 Å². The van der Waals surface area contributed by atoms with E-state index in [-0.39, 0.29) is 23.8 Å². The Morgan fingerprint density at radius 1 is 1.18 bits per heavy atom. The average Bonchev–Trinajstić information content (AvgIpc) is 2.49. The monoisotopic (exact) mass is 369 g/mol. The molecule has 0 spiro atoms. The Morgan fingerprint density at radius 2 is 1.82 bits per heavy atom. The predicted octanol–water partition coefficient (Wildman–Crippen LogP) is 1.93. The largest absolute Gasteiger partial charge is 0.353 e. The lowest BCUT2D eigenvalue weighted by molar-refractivity contribution is -0.124. The molecule has 122 valence electrons. The van der Waals surface area contributed by atoms with E-state index < -0.39 is 6.04 Å². The lowest BCUT2D eigenvalue weighted by atomic mass is 10.0. The van der Waals surface area contributed by atoms with Crippen LogP contribution in [-0.4, -0.2) is 37.5 Å². The molecule has 22 heavy (non-hydrogen) atoms. The summed E-state index contributed by atoms with van der Waals surface area (Å²) in [7, 11) is 1.84. The van der Waals surface area contributed by atoms with Gasteiger partial charge in [-0.15, -0.1) is 0 Å². The molecule has 3 N–H and O–H groups in total. The topological polar surface area (TPSA) is 70.2 Å². The van der Waals surface area contributed by atoms with Gasteiger partial charge < -0.3 is 16.0 Å². The molecule has 2 atom stereocenters. The zero-order chi connectivity index (χ0) is 16.7. The fourth-order valence-corrected chi connectivity index (χ4v) is 2.33. The highest BCUT2D eigenvalue weighted by atomic mass is 79.9. The summed E-state index contributed by atoms with van der Waals surface area (Å²) >= 11 is 3.35. The van der Waals surface area contributed by atoms with Crippen LogP contribution < -0.4 is 16.0 Å². The highest BCUT2D eigenvalue weighted by molar-refractivity contribution is 9.10. The molecule has 6 heteroatoms. The summed E-state index contributed by atoms with van der Waals surface area (Å²) in [6, 6.07) is 6.76. The highest BCUT2D eigenvalue weighted by Gasteiger charge is 2.25. The van der Waals surface area contributed by atoms with E-state index in [1.807, 2.05) is 33.9 Å². The molecule has 0 aliphatic heterocycles. The second-order valence-electron chi connectivity index (χ2n) is 5.61. The first kappa shape index (κ1) is 18.6. The number of hydrogen-bond acceptors (Lipinski definition) is 3. The van der Waals surface area contributed by atoms with Crippen LogP contribution in [0.4, 0.5) is 0 Å². The van der Waals surface area contributed by atoms with Crippen LogP contribution in [0.5, 0.6) is 0 Å². The van der Waals surface area contributed by atoms with E-state index in [4.69, 9.17) is 0 Å². The van der Waals surface area contributed by atoms with E-state index in [0.29, 0.717) is 16.6 Å². The van der Waals surface area contributed by atoms with Gasteiger partial charge in [0.1, 0.15) is 6.04 Å². The Hall–Kier alpha value is -1.40. The highest BCUT2D eigenvalue weighted by Crippen LogP contribution is 2.16. The molecule has 2 amide bonds. The van der Waals surface area contributed by atoms with Crippen LogP contribution in [0.1, 0.15) is 31.1 Å². The van der Waals surface area contributed by atoms with Crippen molar-refractivity contribution in [1.29, 1.82) is 0 Å². The van der Waals surface area contributed by atoms with Gasteiger partial charge in [-0.1, -0.05) is 26.0 Å². The first-order valence-corrected chi connectivity index (χ1v) is 8.16. The van der Waals surface area contributed by atoms with Crippen molar-refractivity contribution in [3.05, 3.63) is 34.3 Å². The number of benzene rings is 1. The van der Waals surface area contributed by atoms with Crippen molar-refractivity contribution >= 4 is 27.7 Å². The van der Waals surface area contributed by atoms with E-state index >= 15 is 0 Å². The third-order valence-corrected chi connectivity index (χ3v) is 4.12. The number of rotatable bonds is 7. The van der Waals surface area contributed by atoms with Gasteiger partial charge in [0.25, 0.3) is 5.91 Å².